The number of carbonyl (C=O) groups is 2. The molecule has 3 atom stereocenters. The van der Waals surface area contributed by atoms with Crippen molar-refractivity contribution in [2.24, 2.45) is 0 Å². The molecule has 7 nitrogen and oxygen atoms in total. The van der Waals surface area contributed by atoms with Crippen molar-refractivity contribution >= 4 is 19.2 Å². The zero-order valence-corrected chi connectivity index (χ0v) is 28.5. The lowest BCUT2D eigenvalue weighted by Gasteiger charge is -2.23. The van der Waals surface area contributed by atoms with E-state index in [1.165, 1.54) is 77.0 Å². The second kappa shape index (κ2) is 25.9. The summed E-state index contributed by atoms with van der Waals surface area (Å²) >= 11 is 0. The summed E-state index contributed by atoms with van der Waals surface area (Å²) < 4.78 is 24.0. The Bertz CT molecular complexity index is 699. The van der Waals surface area contributed by atoms with E-state index in [9.17, 15) is 19.0 Å². The van der Waals surface area contributed by atoms with Crippen LogP contribution >= 0.6 is 7.60 Å². The van der Waals surface area contributed by atoms with Crippen LogP contribution in [0.3, 0.4) is 0 Å². The van der Waals surface area contributed by atoms with Crippen molar-refractivity contribution in [3.8, 4) is 0 Å². The minimum Gasteiger partial charge on any atom is -0.374 e. The van der Waals surface area contributed by atoms with Crippen molar-refractivity contribution in [1.82, 2.24) is 5.32 Å². The summed E-state index contributed by atoms with van der Waals surface area (Å²) in [6.07, 6.45) is 20.2. The monoisotopic (exact) mass is 603 g/mol. The molecule has 0 fully saturated rings. The van der Waals surface area contributed by atoms with Crippen molar-refractivity contribution in [1.29, 1.82) is 0 Å². The molecule has 0 spiro atoms. The molecule has 0 saturated heterocycles. The van der Waals surface area contributed by atoms with Gasteiger partial charge in [-0.05, 0) is 26.7 Å². The van der Waals surface area contributed by atoms with Gasteiger partial charge in [0.2, 0.25) is 11.6 Å². The zero-order chi connectivity index (χ0) is 30.9. The number of rotatable bonds is 30. The molecular weight excluding hydrogens is 537 g/mol. The fourth-order valence-corrected chi connectivity index (χ4v) is 5.71. The van der Waals surface area contributed by atoms with Crippen LogP contribution in [-0.2, 0) is 23.4 Å². The standard InChI is InChI=1S/C33H66NO6P/c1-7-9-11-13-15-17-18-20-22-24-30(39-28(3)4)26-34-27-31(35)33(36)32(40-41(37,38)29(5)6)25-23-21-19-16-14-12-10-8-2/h28-30,32,34H,7-27H2,1-6H3,(H,37,38). The average molecular weight is 604 g/mol. The van der Waals surface area contributed by atoms with E-state index >= 15 is 0 Å². The van der Waals surface area contributed by atoms with Crippen LogP contribution in [0.4, 0.5) is 0 Å². The predicted molar refractivity (Wildman–Crippen MR) is 172 cm³/mol. The van der Waals surface area contributed by atoms with Gasteiger partial charge < -0.3 is 14.9 Å². The first-order valence-corrected chi connectivity index (χ1v) is 18.6. The van der Waals surface area contributed by atoms with Gasteiger partial charge in [0.1, 0.15) is 6.10 Å². The summed E-state index contributed by atoms with van der Waals surface area (Å²) in [5.41, 5.74) is -0.639. The third-order valence-corrected chi connectivity index (χ3v) is 9.43. The van der Waals surface area contributed by atoms with Crippen LogP contribution in [-0.4, -0.2) is 53.5 Å². The van der Waals surface area contributed by atoms with Gasteiger partial charge >= 0.3 is 7.60 Å². The molecule has 0 heterocycles. The molecule has 2 N–H and O–H groups in total. The minimum atomic E-state index is -3.99. The van der Waals surface area contributed by atoms with E-state index in [1.54, 1.807) is 13.8 Å². The van der Waals surface area contributed by atoms with Crippen LogP contribution < -0.4 is 5.32 Å². The highest BCUT2D eigenvalue weighted by Crippen LogP contribution is 2.48. The molecule has 0 aromatic heterocycles. The Morgan fingerprint density at radius 2 is 1.15 bits per heavy atom. The molecule has 8 heteroatoms. The van der Waals surface area contributed by atoms with Crippen molar-refractivity contribution in [3.63, 3.8) is 0 Å². The maximum absolute atomic E-state index is 13.0. The fraction of sp³-hybridized carbons (Fsp3) is 0.939. The van der Waals surface area contributed by atoms with Crippen LogP contribution in [0.5, 0.6) is 0 Å². The van der Waals surface area contributed by atoms with Gasteiger partial charge in [-0.15, -0.1) is 0 Å². The molecule has 0 rings (SSSR count). The summed E-state index contributed by atoms with van der Waals surface area (Å²) in [7, 11) is -3.99. The Morgan fingerprint density at radius 3 is 1.59 bits per heavy atom. The van der Waals surface area contributed by atoms with Gasteiger partial charge in [0.25, 0.3) is 0 Å². The van der Waals surface area contributed by atoms with Gasteiger partial charge in [-0.2, -0.15) is 0 Å². The second-order valence-electron chi connectivity index (χ2n) is 12.4. The molecule has 0 aliphatic heterocycles. The van der Waals surface area contributed by atoms with E-state index in [1.807, 2.05) is 13.8 Å². The van der Waals surface area contributed by atoms with Crippen molar-refractivity contribution in [3.05, 3.63) is 0 Å². The number of hydrogen-bond donors (Lipinski definition) is 2. The van der Waals surface area contributed by atoms with E-state index in [4.69, 9.17) is 9.26 Å². The SMILES string of the molecule is CCCCCCCCCCCC(CNCC(=O)C(=O)C(CCCCCCCCCC)OP(=O)(O)C(C)C)OC(C)C. The molecule has 0 bridgehead atoms. The van der Waals surface area contributed by atoms with E-state index in [0.717, 1.165) is 32.1 Å². The predicted octanol–water partition coefficient (Wildman–Crippen LogP) is 8.94. The summed E-state index contributed by atoms with van der Waals surface area (Å²) in [4.78, 5) is 36.1. The highest BCUT2D eigenvalue weighted by atomic mass is 31.2. The van der Waals surface area contributed by atoms with Gasteiger partial charge in [0.05, 0.1) is 24.4 Å². The topological polar surface area (TPSA) is 102 Å². The molecule has 3 unspecified atom stereocenters. The first kappa shape index (κ1) is 40.4. The van der Waals surface area contributed by atoms with Crippen LogP contribution in [0.15, 0.2) is 0 Å². The largest absolute Gasteiger partial charge is 0.374 e. The van der Waals surface area contributed by atoms with Gasteiger partial charge in [0, 0.05) is 6.54 Å². The van der Waals surface area contributed by atoms with Crippen LogP contribution in [0.25, 0.3) is 0 Å². The van der Waals surface area contributed by atoms with Crippen LogP contribution in [0, 0.1) is 0 Å². The van der Waals surface area contributed by atoms with Crippen LogP contribution in [0.2, 0.25) is 0 Å². The van der Waals surface area contributed by atoms with Crippen molar-refractivity contribution < 1.29 is 28.3 Å². The minimum absolute atomic E-state index is 0.0228. The van der Waals surface area contributed by atoms with Gasteiger partial charge in [-0.1, -0.05) is 137 Å². The Morgan fingerprint density at radius 1 is 0.707 bits per heavy atom. The number of hydrogen-bond acceptors (Lipinski definition) is 6. The van der Waals surface area contributed by atoms with E-state index in [0.29, 0.717) is 13.0 Å². The van der Waals surface area contributed by atoms with Gasteiger partial charge in [-0.25, -0.2) is 0 Å². The normalized spacial score (nSPS) is 14.9. The Balaban J connectivity index is 4.67. The fourth-order valence-electron chi connectivity index (χ4n) is 4.90. The highest BCUT2D eigenvalue weighted by molar-refractivity contribution is 7.53. The van der Waals surface area contributed by atoms with Crippen LogP contribution in [0.1, 0.15) is 164 Å². The van der Waals surface area contributed by atoms with Crippen molar-refractivity contribution in [2.45, 2.75) is 188 Å². The Hall–Kier alpha value is -0.590. The number of carbonyl (C=O) groups excluding carboxylic acids is 2. The molecule has 0 aromatic rings. The Labute approximate surface area is 253 Å². The molecular formula is C33H66NO6P. The van der Waals surface area contributed by atoms with Gasteiger partial charge in [-0.3, -0.25) is 18.7 Å². The van der Waals surface area contributed by atoms with Crippen molar-refractivity contribution in [2.75, 3.05) is 13.1 Å². The number of nitrogens with one attached hydrogen (secondary N) is 1. The number of unbranched alkanes of at least 4 members (excludes halogenated alkanes) is 15. The number of Topliss-reactive ketones (excluding diaryl/α,β-unsaturated/α-hetero) is 2. The number of ketones is 2. The first-order chi connectivity index (χ1) is 19.5. The molecule has 244 valence electrons. The molecule has 0 amide bonds. The summed E-state index contributed by atoms with van der Waals surface area (Å²) in [6, 6.07) is 0. The summed E-state index contributed by atoms with van der Waals surface area (Å²) in [5, 5.41) is 3.11. The molecule has 0 aliphatic carbocycles. The average Bonchev–Trinajstić information content (AvgIpc) is 2.91. The third-order valence-electron chi connectivity index (χ3n) is 7.57. The molecule has 0 aromatic carbocycles. The first-order valence-electron chi connectivity index (χ1n) is 17.0. The van der Waals surface area contributed by atoms with E-state index in [-0.39, 0.29) is 25.2 Å². The van der Waals surface area contributed by atoms with E-state index < -0.39 is 30.9 Å². The molecule has 41 heavy (non-hydrogen) atoms. The quantitative estimate of drug-likeness (QED) is 0.0480. The summed E-state index contributed by atoms with van der Waals surface area (Å²) in [5.74, 6) is -1.32. The Kier molecular flexibility index (Phi) is 25.5. The zero-order valence-electron chi connectivity index (χ0n) is 27.6. The maximum atomic E-state index is 13.0. The maximum Gasteiger partial charge on any atom is 0.331 e. The second-order valence-corrected chi connectivity index (χ2v) is 14.7. The van der Waals surface area contributed by atoms with Gasteiger partial charge in [0.15, 0.2) is 0 Å². The molecule has 0 saturated carbocycles. The molecule has 0 radical (unpaired) electrons. The lowest BCUT2D eigenvalue weighted by atomic mass is 10.0. The summed E-state index contributed by atoms with van der Waals surface area (Å²) in [6.45, 7) is 12.0. The lowest BCUT2D eigenvalue weighted by molar-refractivity contribution is -0.140. The van der Waals surface area contributed by atoms with E-state index in [2.05, 4.69) is 19.2 Å². The smallest absolute Gasteiger partial charge is 0.331 e. The third kappa shape index (κ3) is 22.6. The highest BCUT2D eigenvalue weighted by Gasteiger charge is 2.34. The molecule has 0 aliphatic rings. The lowest BCUT2D eigenvalue weighted by Crippen LogP contribution is -2.40. The number of ether oxygens (including phenoxy) is 1.